The van der Waals surface area contributed by atoms with E-state index in [1.807, 2.05) is 0 Å². The van der Waals surface area contributed by atoms with Gasteiger partial charge in [0, 0.05) is 19.4 Å². The van der Waals surface area contributed by atoms with Gasteiger partial charge in [0.1, 0.15) is 0 Å². The van der Waals surface area contributed by atoms with Crippen molar-refractivity contribution in [3.63, 3.8) is 0 Å². The van der Waals surface area contributed by atoms with E-state index in [0.717, 1.165) is 10.8 Å². The van der Waals surface area contributed by atoms with E-state index in [1.54, 1.807) is 6.26 Å². The zero-order chi connectivity index (χ0) is 16.0. The molecule has 8 nitrogen and oxygen atoms in total. The number of thioether (sulfide) groups is 1. The van der Waals surface area contributed by atoms with Crippen LogP contribution in [0.3, 0.4) is 0 Å². The van der Waals surface area contributed by atoms with Gasteiger partial charge in [-0.3, -0.25) is 14.4 Å². The predicted octanol–water partition coefficient (Wildman–Crippen LogP) is 0.691. The third-order valence-corrected chi connectivity index (χ3v) is 2.96. The number of rotatable bonds is 6. The van der Waals surface area contributed by atoms with Crippen molar-refractivity contribution in [2.75, 3.05) is 18.6 Å². The number of allylic oxidation sites excluding steroid dienone is 2. The van der Waals surface area contributed by atoms with Gasteiger partial charge < -0.3 is 10.5 Å². The molecule has 0 saturated heterocycles. The van der Waals surface area contributed by atoms with Crippen LogP contribution in [0.5, 0.6) is 0 Å². The monoisotopic (exact) mass is 312 g/mol. The SMILES string of the molecule is CSc1nc(N)n(C(=O)/C=C(\C)C(=O)CCOC(C)=O)n1. The summed E-state index contributed by atoms with van der Waals surface area (Å²) in [7, 11) is 0. The molecule has 1 heterocycles. The first-order chi connectivity index (χ1) is 9.85. The molecule has 0 spiro atoms. The Kier molecular flexibility index (Phi) is 6.10. The molecule has 0 aliphatic carbocycles. The average molecular weight is 312 g/mol. The van der Waals surface area contributed by atoms with Gasteiger partial charge in [-0.25, -0.2) is 0 Å². The number of ketones is 1. The van der Waals surface area contributed by atoms with Crippen molar-refractivity contribution in [1.82, 2.24) is 14.8 Å². The van der Waals surface area contributed by atoms with Gasteiger partial charge in [-0.1, -0.05) is 11.8 Å². The van der Waals surface area contributed by atoms with Gasteiger partial charge in [0.25, 0.3) is 5.91 Å². The largest absolute Gasteiger partial charge is 0.465 e. The van der Waals surface area contributed by atoms with Crippen molar-refractivity contribution in [3.8, 4) is 0 Å². The molecule has 9 heteroatoms. The number of nitrogens with two attached hydrogens (primary N) is 1. The minimum absolute atomic E-state index is 0.0120. The van der Waals surface area contributed by atoms with E-state index in [-0.39, 0.29) is 30.3 Å². The third-order valence-electron chi connectivity index (χ3n) is 2.42. The van der Waals surface area contributed by atoms with Crippen LogP contribution in [0.25, 0.3) is 0 Å². The Bertz CT molecular complexity index is 594. The molecule has 1 aromatic rings. The first-order valence-electron chi connectivity index (χ1n) is 6.01. The summed E-state index contributed by atoms with van der Waals surface area (Å²) in [5, 5.41) is 4.26. The second-order valence-corrected chi connectivity index (χ2v) is 4.82. The highest BCUT2D eigenvalue weighted by molar-refractivity contribution is 7.98. The summed E-state index contributed by atoms with van der Waals surface area (Å²) in [6, 6.07) is 0. The van der Waals surface area contributed by atoms with Crippen molar-refractivity contribution in [2.45, 2.75) is 25.4 Å². The van der Waals surface area contributed by atoms with E-state index in [0.29, 0.717) is 5.16 Å². The lowest BCUT2D eigenvalue weighted by molar-refractivity contribution is -0.141. The topological polar surface area (TPSA) is 117 Å². The van der Waals surface area contributed by atoms with Gasteiger partial charge in [0.2, 0.25) is 11.1 Å². The minimum Gasteiger partial charge on any atom is -0.465 e. The molecule has 2 N–H and O–H groups in total. The minimum atomic E-state index is -0.557. The van der Waals surface area contributed by atoms with Crippen molar-refractivity contribution in [1.29, 1.82) is 0 Å². The highest BCUT2D eigenvalue weighted by atomic mass is 32.2. The highest BCUT2D eigenvalue weighted by Gasteiger charge is 2.14. The van der Waals surface area contributed by atoms with Crippen LogP contribution in [0, 0.1) is 0 Å². The summed E-state index contributed by atoms with van der Waals surface area (Å²) in [5.74, 6) is -1.35. The molecule has 21 heavy (non-hydrogen) atoms. The highest BCUT2D eigenvalue weighted by Crippen LogP contribution is 2.11. The number of nitrogens with zero attached hydrogens (tertiary/aromatic N) is 3. The van der Waals surface area contributed by atoms with Gasteiger partial charge in [-0.05, 0) is 18.8 Å². The summed E-state index contributed by atoms with van der Waals surface area (Å²) in [6.45, 7) is 2.74. The van der Waals surface area contributed by atoms with E-state index in [1.165, 1.54) is 25.6 Å². The van der Waals surface area contributed by atoms with Crippen LogP contribution < -0.4 is 5.73 Å². The number of hydrogen-bond donors (Lipinski definition) is 1. The van der Waals surface area contributed by atoms with Crippen LogP contribution in [0.2, 0.25) is 0 Å². The van der Waals surface area contributed by atoms with Crippen molar-refractivity contribution in [2.24, 2.45) is 0 Å². The van der Waals surface area contributed by atoms with Gasteiger partial charge in [0.15, 0.2) is 5.78 Å². The Morgan fingerprint density at radius 2 is 2.05 bits per heavy atom. The Balaban J connectivity index is 2.71. The Labute approximate surface area is 125 Å². The molecule has 0 aromatic carbocycles. The van der Waals surface area contributed by atoms with E-state index in [4.69, 9.17) is 5.73 Å². The summed E-state index contributed by atoms with van der Waals surface area (Å²) in [5.41, 5.74) is 5.80. The second kappa shape index (κ2) is 7.58. The summed E-state index contributed by atoms with van der Waals surface area (Å²) < 4.78 is 5.59. The quantitative estimate of drug-likeness (QED) is 0.463. The normalized spacial score (nSPS) is 11.3. The van der Waals surface area contributed by atoms with E-state index in [9.17, 15) is 14.4 Å². The maximum Gasteiger partial charge on any atom is 0.302 e. The summed E-state index contributed by atoms with van der Waals surface area (Å²) in [4.78, 5) is 38.2. The Morgan fingerprint density at radius 3 is 2.57 bits per heavy atom. The number of esters is 1. The van der Waals surface area contributed by atoms with Gasteiger partial charge in [0.05, 0.1) is 6.61 Å². The molecule has 0 saturated carbocycles. The van der Waals surface area contributed by atoms with Crippen molar-refractivity contribution < 1.29 is 19.1 Å². The number of hydrogen-bond acceptors (Lipinski definition) is 8. The average Bonchev–Trinajstić information content (AvgIpc) is 2.79. The number of carbonyl (C=O) groups is 3. The smallest absolute Gasteiger partial charge is 0.302 e. The number of anilines is 1. The van der Waals surface area contributed by atoms with Crippen LogP contribution in [0.4, 0.5) is 5.95 Å². The molecule has 0 fully saturated rings. The molecule has 114 valence electrons. The summed E-state index contributed by atoms with van der Waals surface area (Å²) in [6.07, 6.45) is 2.90. The lowest BCUT2D eigenvalue weighted by Gasteiger charge is -2.02. The van der Waals surface area contributed by atoms with E-state index >= 15 is 0 Å². The van der Waals surface area contributed by atoms with Crippen LogP contribution in [0.1, 0.15) is 25.1 Å². The molecule has 1 rings (SSSR count). The zero-order valence-electron chi connectivity index (χ0n) is 12.0. The molecule has 0 amide bonds. The van der Waals surface area contributed by atoms with Crippen molar-refractivity contribution >= 4 is 35.4 Å². The Morgan fingerprint density at radius 1 is 1.38 bits per heavy atom. The number of carbonyl (C=O) groups excluding carboxylic acids is 3. The molecule has 0 unspecified atom stereocenters. The molecular formula is C12H16N4O4S. The van der Waals surface area contributed by atoms with Crippen LogP contribution in [0.15, 0.2) is 16.8 Å². The summed E-state index contributed by atoms with van der Waals surface area (Å²) >= 11 is 1.25. The number of aromatic nitrogens is 3. The number of nitrogen functional groups attached to an aromatic ring is 1. The van der Waals surface area contributed by atoms with E-state index < -0.39 is 11.9 Å². The first-order valence-corrected chi connectivity index (χ1v) is 7.23. The molecule has 0 atom stereocenters. The predicted molar refractivity (Wildman–Crippen MR) is 76.9 cm³/mol. The van der Waals surface area contributed by atoms with Crippen LogP contribution in [-0.4, -0.2) is 45.3 Å². The number of Topliss-reactive ketones (excluding diaryl/α,β-unsaturated/α-hetero) is 1. The fraction of sp³-hybridized carbons (Fsp3) is 0.417. The molecule has 0 aliphatic heterocycles. The third kappa shape index (κ3) is 5.03. The molecule has 0 bridgehead atoms. The van der Waals surface area contributed by atoms with Crippen LogP contribution in [-0.2, 0) is 14.3 Å². The fourth-order valence-electron chi connectivity index (χ4n) is 1.36. The standard InChI is InChI=1S/C12H16N4O4S/c1-7(9(18)4-5-20-8(2)17)6-10(19)16-11(13)14-12(15-16)21-3/h6H,4-5H2,1-3H3,(H2,13,14,15)/b7-6+. The molecular weight excluding hydrogens is 296 g/mol. The zero-order valence-corrected chi connectivity index (χ0v) is 12.8. The van der Waals surface area contributed by atoms with Gasteiger partial charge in [-0.15, -0.1) is 5.10 Å². The second-order valence-electron chi connectivity index (χ2n) is 4.05. The number of ether oxygens (including phenoxy) is 1. The Hall–Kier alpha value is -2.16. The fourth-order valence-corrected chi connectivity index (χ4v) is 1.71. The van der Waals surface area contributed by atoms with Crippen molar-refractivity contribution in [3.05, 3.63) is 11.6 Å². The molecule has 1 aromatic heterocycles. The lowest BCUT2D eigenvalue weighted by atomic mass is 10.1. The maximum atomic E-state index is 11.9. The van der Waals surface area contributed by atoms with Crippen LogP contribution >= 0.6 is 11.8 Å². The van der Waals surface area contributed by atoms with Gasteiger partial charge in [-0.2, -0.15) is 9.67 Å². The first kappa shape index (κ1) is 16.9. The maximum absolute atomic E-state index is 11.9. The van der Waals surface area contributed by atoms with E-state index in [2.05, 4.69) is 14.8 Å². The lowest BCUT2D eigenvalue weighted by Crippen LogP contribution is -2.15. The molecule has 0 aliphatic rings. The molecule has 0 radical (unpaired) electrons. The van der Waals surface area contributed by atoms with Gasteiger partial charge >= 0.3 is 5.97 Å².